The van der Waals surface area contributed by atoms with E-state index in [1.165, 1.54) is 0 Å². The Kier molecular flexibility index (Phi) is 5.56. The van der Waals surface area contributed by atoms with Gasteiger partial charge in [0, 0.05) is 24.1 Å². The number of hydrogen-bond acceptors (Lipinski definition) is 4. The molecule has 0 aromatic heterocycles. The fraction of sp³-hybridized carbons (Fsp3) is 0.364. The summed E-state index contributed by atoms with van der Waals surface area (Å²) < 4.78 is 5.28. The van der Waals surface area contributed by atoms with Crippen molar-refractivity contribution in [2.75, 3.05) is 30.9 Å². The Bertz CT molecular complexity index is 345. The van der Waals surface area contributed by atoms with Crippen LogP contribution in [0.3, 0.4) is 0 Å². The molecule has 0 atom stereocenters. The Balaban J connectivity index is 2.26. The third kappa shape index (κ3) is 4.93. The monoisotopic (exact) mass is 240 g/mol. The summed E-state index contributed by atoms with van der Waals surface area (Å²) in [7, 11) is 0. The number of nitrogens with two attached hydrogens (primary N) is 1. The summed E-state index contributed by atoms with van der Waals surface area (Å²) >= 11 is 1.69. The van der Waals surface area contributed by atoms with E-state index >= 15 is 0 Å². The van der Waals surface area contributed by atoms with Crippen molar-refractivity contribution in [3.63, 3.8) is 0 Å². The SMILES string of the molecule is CSCCNC(=O)COc1cccc(N)c1. The molecule has 0 heterocycles. The molecule has 1 aromatic carbocycles. The van der Waals surface area contributed by atoms with E-state index in [0.717, 1.165) is 5.75 Å². The minimum absolute atomic E-state index is 0.0256. The van der Waals surface area contributed by atoms with Gasteiger partial charge in [0.15, 0.2) is 6.61 Å². The number of carbonyl (C=O) groups excluding carboxylic acids is 1. The van der Waals surface area contributed by atoms with Crippen LogP contribution in [0.2, 0.25) is 0 Å². The summed E-state index contributed by atoms with van der Waals surface area (Å²) in [6.45, 7) is 0.693. The number of carbonyl (C=O) groups is 1. The van der Waals surface area contributed by atoms with Gasteiger partial charge in [-0.25, -0.2) is 0 Å². The van der Waals surface area contributed by atoms with Crippen molar-refractivity contribution < 1.29 is 9.53 Å². The fourth-order valence-corrected chi connectivity index (χ4v) is 1.40. The van der Waals surface area contributed by atoms with Crippen molar-refractivity contribution in [3.05, 3.63) is 24.3 Å². The summed E-state index contributed by atoms with van der Waals surface area (Å²) in [4.78, 5) is 11.3. The van der Waals surface area contributed by atoms with E-state index in [2.05, 4.69) is 5.32 Å². The van der Waals surface area contributed by atoms with Crippen molar-refractivity contribution in [1.29, 1.82) is 0 Å². The zero-order valence-electron chi connectivity index (χ0n) is 9.23. The van der Waals surface area contributed by atoms with Crippen molar-refractivity contribution in [3.8, 4) is 5.75 Å². The number of anilines is 1. The predicted molar refractivity (Wildman–Crippen MR) is 67.7 cm³/mol. The van der Waals surface area contributed by atoms with Crippen molar-refractivity contribution >= 4 is 23.4 Å². The molecule has 0 saturated carbocycles. The molecule has 1 aromatic rings. The Morgan fingerprint density at radius 3 is 3.06 bits per heavy atom. The summed E-state index contributed by atoms with van der Waals surface area (Å²) in [5, 5.41) is 2.75. The lowest BCUT2D eigenvalue weighted by molar-refractivity contribution is -0.122. The summed E-state index contributed by atoms with van der Waals surface area (Å²) in [5.74, 6) is 1.40. The normalized spacial score (nSPS) is 9.81. The molecule has 0 aliphatic heterocycles. The molecule has 88 valence electrons. The minimum Gasteiger partial charge on any atom is -0.484 e. The molecule has 0 saturated heterocycles. The van der Waals surface area contributed by atoms with Crippen LogP contribution >= 0.6 is 11.8 Å². The quantitative estimate of drug-likeness (QED) is 0.578. The van der Waals surface area contributed by atoms with E-state index in [0.29, 0.717) is 18.0 Å². The van der Waals surface area contributed by atoms with Crippen LogP contribution in [0.15, 0.2) is 24.3 Å². The first-order valence-electron chi connectivity index (χ1n) is 4.96. The topological polar surface area (TPSA) is 64.3 Å². The van der Waals surface area contributed by atoms with Crippen molar-refractivity contribution in [2.24, 2.45) is 0 Å². The van der Waals surface area contributed by atoms with Gasteiger partial charge < -0.3 is 15.8 Å². The largest absolute Gasteiger partial charge is 0.484 e. The number of hydrogen-bond donors (Lipinski definition) is 2. The molecule has 0 bridgehead atoms. The van der Waals surface area contributed by atoms with Crippen LogP contribution in [0, 0.1) is 0 Å². The highest BCUT2D eigenvalue weighted by molar-refractivity contribution is 7.98. The number of benzene rings is 1. The lowest BCUT2D eigenvalue weighted by Crippen LogP contribution is -2.30. The molecule has 0 unspecified atom stereocenters. The highest BCUT2D eigenvalue weighted by atomic mass is 32.2. The number of nitrogen functional groups attached to an aromatic ring is 1. The van der Waals surface area contributed by atoms with Gasteiger partial charge in [-0.2, -0.15) is 11.8 Å². The molecule has 3 N–H and O–H groups in total. The van der Waals surface area contributed by atoms with Crippen LogP contribution in [0.25, 0.3) is 0 Å². The van der Waals surface area contributed by atoms with Crippen molar-refractivity contribution in [1.82, 2.24) is 5.32 Å². The van der Waals surface area contributed by atoms with E-state index in [1.54, 1.807) is 36.0 Å². The molecule has 5 heteroatoms. The minimum atomic E-state index is -0.114. The van der Waals surface area contributed by atoms with Crippen molar-refractivity contribution in [2.45, 2.75) is 0 Å². The summed E-state index contributed by atoms with van der Waals surface area (Å²) in [6.07, 6.45) is 2.00. The van der Waals surface area contributed by atoms with E-state index in [4.69, 9.17) is 10.5 Å². The maximum absolute atomic E-state index is 11.3. The predicted octanol–water partition coefficient (Wildman–Crippen LogP) is 1.13. The van der Waals surface area contributed by atoms with Gasteiger partial charge >= 0.3 is 0 Å². The Morgan fingerprint density at radius 1 is 1.56 bits per heavy atom. The summed E-state index contributed by atoms with van der Waals surface area (Å²) in [6, 6.07) is 7.02. The maximum atomic E-state index is 11.3. The molecule has 0 aliphatic rings. The molecule has 0 radical (unpaired) electrons. The Hall–Kier alpha value is -1.36. The van der Waals surface area contributed by atoms with Crippen LogP contribution < -0.4 is 15.8 Å². The Labute approximate surface area is 99.5 Å². The average Bonchev–Trinajstić information content (AvgIpc) is 2.27. The van der Waals surface area contributed by atoms with Gasteiger partial charge in [-0.3, -0.25) is 4.79 Å². The molecule has 1 rings (SSSR count). The van der Waals surface area contributed by atoms with Crippen LogP contribution in [-0.4, -0.2) is 31.1 Å². The highest BCUT2D eigenvalue weighted by Crippen LogP contribution is 2.13. The summed E-state index contributed by atoms with van der Waals surface area (Å²) in [5.41, 5.74) is 6.21. The van der Waals surface area contributed by atoms with Gasteiger partial charge in [0.2, 0.25) is 0 Å². The molecular formula is C11H16N2O2S. The van der Waals surface area contributed by atoms with E-state index in [1.807, 2.05) is 6.26 Å². The fourth-order valence-electron chi connectivity index (χ4n) is 1.10. The Morgan fingerprint density at radius 2 is 2.38 bits per heavy atom. The lowest BCUT2D eigenvalue weighted by Gasteiger charge is -2.07. The number of nitrogens with one attached hydrogen (secondary N) is 1. The van der Waals surface area contributed by atoms with Crippen LogP contribution in [0.5, 0.6) is 5.75 Å². The second-order valence-electron chi connectivity index (χ2n) is 3.20. The number of amides is 1. The highest BCUT2D eigenvalue weighted by Gasteiger charge is 2.01. The van der Waals surface area contributed by atoms with Crippen LogP contribution in [0.4, 0.5) is 5.69 Å². The van der Waals surface area contributed by atoms with E-state index < -0.39 is 0 Å². The van der Waals surface area contributed by atoms with Gasteiger partial charge in [-0.15, -0.1) is 0 Å². The first-order chi connectivity index (χ1) is 7.72. The molecule has 4 nitrogen and oxygen atoms in total. The smallest absolute Gasteiger partial charge is 0.257 e. The standard InChI is InChI=1S/C11H16N2O2S/c1-16-6-5-13-11(14)8-15-10-4-2-3-9(12)7-10/h2-4,7H,5-6,8,12H2,1H3,(H,13,14). The maximum Gasteiger partial charge on any atom is 0.257 e. The van der Waals surface area contributed by atoms with Gasteiger partial charge in [0.1, 0.15) is 5.75 Å². The first-order valence-corrected chi connectivity index (χ1v) is 6.35. The number of ether oxygens (including phenoxy) is 1. The van der Waals surface area contributed by atoms with Crippen LogP contribution in [-0.2, 0) is 4.79 Å². The van der Waals surface area contributed by atoms with Gasteiger partial charge in [-0.05, 0) is 18.4 Å². The third-order valence-corrected chi connectivity index (χ3v) is 2.47. The molecule has 1 amide bonds. The molecule has 0 spiro atoms. The first kappa shape index (κ1) is 12.7. The number of rotatable bonds is 6. The molecule has 16 heavy (non-hydrogen) atoms. The molecular weight excluding hydrogens is 224 g/mol. The molecule has 0 fully saturated rings. The second-order valence-corrected chi connectivity index (χ2v) is 4.19. The van der Waals surface area contributed by atoms with E-state index in [-0.39, 0.29) is 12.5 Å². The van der Waals surface area contributed by atoms with Crippen LogP contribution in [0.1, 0.15) is 0 Å². The average molecular weight is 240 g/mol. The van der Waals surface area contributed by atoms with E-state index in [9.17, 15) is 4.79 Å². The van der Waals surface area contributed by atoms with Gasteiger partial charge in [0.05, 0.1) is 0 Å². The lowest BCUT2D eigenvalue weighted by atomic mass is 10.3. The third-order valence-electron chi connectivity index (χ3n) is 1.86. The molecule has 0 aliphatic carbocycles. The zero-order chi connectivity index (χ0) is 11.8. The van der Waals surface area contributed by atoms with Gasteiger partial charge in [-0.1, -0.05) is 6.07 Å². The second kappa shape index (κ2) is 7.00. The van der Waals surface area contributed by atoms with Gasteiger partial charge in [0.25, 0.3) is 5.91 Å². The zero-order valence-corrected chi connectivity index (χ0v) is 10.0. The number of thioether (sulfide) groups is 1.